The number of aromatic nitrogens is 2. The molecule has 1 saturated heterocycles. The number of hydrogen-bond donors (Lipinski definition) is 1. The average molecular weight is 575 g/mol. The van der Waals surface area contributed by atoms with Crippen LogP contribution in [0.4, 0.5) is 27.8 Å². The molecule has 3 heterocycles. The summed E-state index contributed by atoms with van der Waals surface area (Å²) in [4.78, 5) is 23.2. The predicted molar refractivity (Wildman–Crippen MR) is 149 cm³/mol. The van der Waals surface area contributed by atoms with E-state index in [0.717, 1.165) is 17.4 Å². The number of nitrogens with one attached hydrogen (secondary N) is 1. The van der Waals surface area contributed by atoms with Gasteiger partial charge in [0.25, 0.3) is 11.8 Å². The second-order valence-electron chi connectivity index (χ2n) is 8.60. The molecule has 0 aliphatic carbocycles. The fraction of sp³-hybridized carbons (Fsp3) is 0.536. The number of hydrogen-bond acceptors (Lipinski definition) is 5. The van der Waals surface area contributed by atoms with Crippen LogP contribution in [0.1, 0.15) is 80.3 Å². The van der Waals surface area contributed by atoms with Gasteiger partial charge in [0.1, 0.15) is 11.5 Å². The largest absolute Gasteiger partial charge is 0.417 e. The van der Waals surface area contributed by atoms with Crippen molar-refractivity contribution in [2.45, 2.75) is 79.4 Å². The third-order valence-corrected chi connectivity index (χ3v) is 6.75. The molecule has 5 nitrogen and oxygen atoms in total. The Morgan fingerprint density at radius 2 is 1.90 bits per heavy atom. The van der Waals surface area contributed by atoms with Gasteiger partial charge in [-0.05, 0) is 37.0 Å². The summed E-state index contributed by atoms with van der Waals surface area (Å²) in [6, 6.07) is 1.40. The van der Waals surface area contributed by atoms with Gasteiger partial charge in [-0.3, -0.25) is 4.79 Å². The maximum atomic E-state index is 14.5. The quantitative estimate of drug-likeness (QED) is 0.266. The molecule has 2 aromatic rings. The third kappa shape index (κ3) is 9.40. The first-order chi connectivity index (χ1) is 18.3. The summed E-state index contributed by atoms with van der Waals surface area (Å²) < 4.78 is 67.4. The molecule has 1 aliphatic rings. The number of alkyl halides is 5. The van der Waals surface area contributed by atoms with E-state index in [-0.39, 0.29) is 18.1 Å². The minimum Gasteiger partial charge on any atom is -0.368 e. The molecule has 2 unspecified atom stereocenters. The van der Waals surface area contributed by atoms with Crippen LogP contribution in [-0.4, -0.2) is 45.8 Å². The Kier molecular flexibility index (Phi) is 13.2. The number of allylic oxidation sites excluding steroid dienone is 3. The normalized spacial score (nSPS) is 18.5. The summed E-state index contributed by atoms with van der Waals surface area (Å²) in [5.41, 5.74) is -0.253. The molecule has 1 fully saturated rings. The summed E-state index contributed by atoms with van der Waals surface area (Å²) in [6.07, 6.45) is 0.181. The second-order valence-corrected chi connectivity index (χ2v) is 9.80. The molecular formula is C28H39F5N4OS. The summed E-state index contributed by atoms with van der Waals surface area (Å²) in [5.74, 6) is -4.15. The number of amides is 1. The molecule has 0 bridgehead atoms. The third-order valence-electron chi connectivity index (χ3n) is 5.71. The highest BCUT2D eigenvalue weighted by atomic mass is 32.1. The van der Waals surface area contributed by atoms with Crippen LogP contribution in [0.25, 0.3) is 5.57 Å². The van der Waals surface area contributed by atoms with Crippen molar-refractivity contribution in [3.05, 3.63) is 58.2 Å². The molecule has 1 amide bonds. The lowest BCUT2D eigenvalue weighted by atomic mass is 9.88. The summed E-state index contributed by atoms with van der Waals surface area (Å²) in [6.45, 7) is 16.5. The Bertz CT molecular complexity index is 1100. The molecule has 0 aromatic carbocycles. The summed E-state index contributed by atoms with van der Waals surface area (Å²) >= 11 is 1.27. The van der Waals surface area contributed by atoms with E-state index in [1.54, 1.807) is 19.9 Å². The molecule has 2 aromatic heterocycles. The Morgan fingerprint density at radius 1 is 1.26 bits per heavy atom. The molecule has 0 radical (unpaired) electrons. The molecule has 1 N–H and O–H groups in total. The molecule has 2 atom stereocenters. The number of thiazole rings is 1. The van der Waals surface area contributed by atoms with E-state index in [9.17, 15) is 26.7 Å². The van der Waals surface area contributed by atoms with E-state index in [1.165, 1.54) is 17.4 Å². The van der Waals surface area contributed by atoms with Gasteiger partial charge in [0.05, 0.1) is 28.0 Å². The lowest BCUT2D eigenvalue weighted by Crippen LogP contribution is -2.57. The number of anilines is 1. The lowest BCUT2D eigenvalue weighted by molar-refractivity contribution is -0.137. The van der Waals surface area contributed by atoms with Crippen molar-refractivity contribution in [2.75, 3.05) is 18.4 Å². The zero-order valence-corrected chi connectivity index (χ0v) is 24.4. The first kappa shape index (κ1) is 34.2. The highest BCUT2D eigenvalue weighted by Gasteiger charge is 2.46. The Labute approximate surface area is 232 Å². The number of halogens is 5. The molecule has 218 valence electrons. The molecule has 1 aliphatic heterocycles. The van der Waals surface area contributed by atoms with E-state index in [1.807, 2.05) is 40.7 Å². The number of likely N-dealkylation sites (tertiary alicyclic amines) is 1. The Hall–Kier alpha value is -2.82. The van der Waals surface area contributed by atoms with Crippen LogP contribution in [0.5, 0.6) is 0 Å². The number of piperidine rings is 1. The number of rotatable bonds is 7. The monoisotopic (exact) mass is 574 g/mol. The van der Waals surface area contributed by atoms with Gasteiger partial charge in [-0.1, -0.05) is 60.3 Å². The van der Waals surface area contributed by atoms with Crippen molar-refractivity contribution in [3.8, 4) is 0 Å². The predicted octanol–water partition coefficient (Wildman–Crippen LogP) is 8.50. The van der Waals surface area contributed by atoms with Gasteiger partial charge in [0.15, 0.2) is 0 Å². The van der Waals surface area contributed by atoms with E-state index in [0.29, 0.717) is 21.7 Å². The van der Waals surface area contributed by atoms with Gasteiger partial charge < -0.3 is 10.2 Å². The topological polar surface area (TPSA) is 58.1 Å². The van der Waals surface area contributed by atoms with Crippen LogP contribution >= 0.6 is 11.3 Å². The van der Waals surface area contributed by atoms with Crippen LogP contribution in [0, 0.1) is 12.8 Å². The maximum absolute atomic E-state index is 14.5. The first-order valence-corrected chi connectivity index (χ1v) is 13.9. The fourth-order valence-electron chi connectivity index (χ4n) is 4.02. The van der Waals surface area contributed by atoms with E-state index in [2.05, 4.69) is 21.9 Å². The minimum absolute atomic E-state index is 0.0382. The summed E-state index contributed by atoms with van der Waals surface area (Å²) in [5, 5.41) is 3.50. The molecule has 0 saturated carbocycles. The van der Waals surface area contributed by atoms with Crippen LogP contribution < -0.4 is 5.32 Å². The van der Waals surface area contributed by atoms with Gasteiger partial charge in [-0.25, -0.2) is 18.7 Å². The van der Waals surface area contributed by atoms with Gasteiger partial charge in [-0.2, -0.15) is 13.2 Å². The number of carbonyl (C=O) groups is 1. The highest BCUT2D eigenvalue weighted by molar-refractivity contribution is 7.13. The van der Waals surface area contributed by atoms with Crippen LogP contribution in [0.15, 0.2) is 37.1 Å². The van der Waals surface area contributed by atoms with E-state index in [4.69, 9.17) is 0 Å². The van der Waals surface area contributed by atoms with Crippen LogP contribution in [0.3, 0.4) is 0 Å². The van der Waals surface area contributed by atoms with Crippen molar-refractivity contribution < 1.29 is 26.7 Å². The molecule has 3 rings (SSSR count). The van der Waals surface area contributed by atoms with Crippen LogP contribution in [0.2, 0.25) is 0 Å². The number of pyridine rings is 1. The maximum Gasteiger partial charge on any atom is 0.417 e. The minimum atomic E-state index is -4.52. The number of aryl methyl sites for hydroxylation is 1. The van der Waals surface area contributed by atoms with Crippen molar-refractivity contribution in [3.63, 3.8) is 0 Å². The molecule has 0 spiro atoms. The zero-order chi connectivity index (χ0) is 30.0. The smallest absolute Gasteiger partial charge is 0.368 e. The average Bonchev–Trinajstić information content (AvgIpc) is 3.29. The summed E-state index contributed by atoms with van der Waals surface area (Å²) in [7, 11) is 0. The fourth-order valence-corrected chi connectivity index (χ4v) is 4.88. The standard InChI is InChI=1S/C24H27F5N4OS.2C2H6/c1-5-6-7-14(2)21-20(32-16(4)35-21)22(34)33-13-23(25,26)10-15(3)18(33)12-31-19-9-8-17(11-30-19)24(27,28)29;2*1-2/h6-9,11,15,18H,2,5,10,12-13H2,1,3-4H3,(H,30,31);2*1-2H3/b7-6-;;. The van der Waals surface area contributed by atoms with Crippen LogP contribution in [-0.2, 0) is 6.18 Å². The van der Waals surface area contributed by atoms with E-state index < -0.39 is 48.5 Å². The van der Waals surface area contributed by atoms with Crippen molar-refractivity contribution in [2.24, 2.45) is 5.92 Å². The number of carbonyl (C=O) groups excluding carboxylic acids is 1. The highest BCUT2D eigenvalue weighted by Crippen LogP contribution is 2.37. The molecular weight excluding hydrogens is 535 g/mol. The first-order valence-electron chi connectivity index (χ1n) is 13.1. The van der Waals surface area contributed by atoms with Crippen molar-refractivity contribution in [1.82, 2.24) is 14.9 Å². The molecule has 11 heteroatoms. The SMILES string of the molecule is C=C(/C=C\CC)c1sc(C)nc1C(=O)N1CC(F)(F)CC(C)C1CNc1ccc(C(F)(F)F)cn1.CC.CC. The molecule has 39 heavy (non-hydrogen) atoms. The van der Waals surface area contributed by atoms with Gasteiger partial charge in [-0.15, -0.1) is 11.3 Å². The van der Waals surface area contributed by atoms with Gasteiger partial charge >= 0.3 is 6.18 Å². The Morgan fingerprint density at radius 3 is 2.44 bits per heavy atom. The van der Waals surface area contributed by atoms with Gasteiger partial charge in [0, 0.05) is 19.2 Å². The van der Waals surface area contributed by atoms with Crippen molar-refractivity contribution in [1.29, 1.82) is 0 Å². The van der Waals surface area contributed by atoms with E-state index >= 15 is 0 Å². The van der Waals surface area contributed by atoms with Crippen molar-refractivity contribution >= 4 is 28.6 Å². The van der Waals surface area contributed by atoms with Gasteiger partial charge in [0.2, 0.25) is 0 Å². The lowest BCUT2D eigenvalue weighted by Gasteiger charge is -2.43. The second kappa shape index (κ2) is 15.1. The number of nitrogens with zero attached hydrogens (tertiary/aromatic N) is 3. The zero-order valence-electron chi connectivity index (χ0n) is 23.6. The Balaban J connectivity index is 0.00000181.